The number of alkyl halides is 2. The fraction of sp³-hybridized carbons (Fsp3) is 1.00. The zero-order chi connectivity index (χ0) is 10.9. The zero-order valence-electron chi connectivity index (χ0n) is 9.02. The Kier molecular flexibility index (Phi) is 9.70. The molecule has 0 saturated carbocycles. The molecule has 0 bridgehead atoms. The van der Waals surface area contributed by atoms with E-state index in [-0.39, 0.29) is 0 Å². The number of rotatable bonds is 9. The minimum absolute atomic E-state index is 0.352. The summed E-state index contributed by atoms with van der Waals surface area (Å²) in [5, 5.41) is 2.06. The van der Waals surface area contributed by atoms with Crippen LogP contribution in [-0.4, -0.2) is 37.6 Å². The molecule has 0 N–H and O–H groups in total. The number of hydrogen-bond acceptors (Lipinski definition) is 2. The van der Waals surface area contributed by atoms with Crippen molar-refractivity contribution in [1.29, 1.82) is 0 Å². The second-order valence-corrected chi connectivity index (χ2v) is 4.91. The van der Waals surface area contributed by atoms with Crippen LogP contribution in [0.15, 0.2) is 0 Å². The van der Waals surface area contributed by atoms with Crippen LogP contribution in [0.4, 0.5) is 0 Å². The quantitative estimate of drug-likeness (QED) is 0.477. The summed E-state index contributed by atoms with van der Waals surface area (Å²) in [5.74, 6) is 0. The Hall–Kier alpha value is 0.880. The van der Waals surface area contributed by atoms with Gasteiger partial charge in [-0.1, -0.05) is 38.8 Å². The van der Waals surface area contributed by atoms with E-state index in [1.807, 2.05) is 0 Å². The van der Waals surface area contributed by atoms with E-state index in [0.29, 0.717) is 18.6 Å². The van der Waals surface area contributed by atoms with Crippen molar-refractivity contribution in [2.45, 2.75) is 19.8 Å². The smallest absolute Gasteiger partial charge is 0.0700 e. The molecule has 0 radical (unpaired) electrons. The molecule has 2 nitrogen and oxygen atoms in total. The highest BCUT2D eigenvalue weighted by Gasteiger charge is 2.20. The maximum absolute atomic E-state index is 5.40. The van der Waals surface area contributed by atoms with E-state index in [9.17, 15) is 0 Å². The van der Waals surface area contributed by atoms with Crippen molar-refractivity contribution in [3.8, 4) is 0 Å². The van der Waals surface area contributed by atoms with Crippen LogP contribution in [-0.2, 0) is 9.47 Å². The third kappa shape index (κ3) is 7.21. The highest BCUT2D eigenvalue weighted by atomic mass is 79.9. The summed E-state index contributed by atoms with van der Waals surface area (Å²) in [6.07, 6.45) is 2.29. The molecule has 0 aromatic carbocycles. The van der Waals surface area contributed by atoms with Gasteiger partial charge in [0.15, 0.2) is 0 Å². The van der Waals surface area contributed by atoms with Gasteiger partial charge in [0.25, 0.3) is 0 Å². The number of hydrogen-bond donors (Lipinski definition) is 0. The SMILES string of the molecule is COCCOCCCC(C)(CBr)CBr. The van der Waals surface area contributed by atoms with Gasteiger partial charge in [-0.25, -0.2) is 0 Å². The van der Waals surface area contributed by atoms with Crippen LogP contribution in [0.3, 0.4) is 0 Å². The summed E-state index contributed by atoms with van der Waals surface area (Å²) >= 11 is 7.07. The molecule has 0 heterocycles. The molecule has 0 amide bonds. The van der Waals surface area contributed by atoms with Crippen molar-refractivity contribution in [3.63, 3.8) is 0 Å². The molecule has 4 heteroatoms. The second-order valence-electron chi connectivity index (χ2n) is 3.79. The molecule has 0 rings (SSSR count). The van der Waals surface area contributed by atoms with Crippen molar-refractivity contribution >= 4 is 31.9 Å². The maximum Gasteiger partial charge on any atom is 0.0700 e. The first-order chi connectivity index (χ1) is 6.68. The molecule has 0 aliphatic heterocycles. The van der Waals surface area contributed by atoms with Crippen LogP contribution in [0.25, 0.3) is 0 Å². The molecule has 0 aromatic heterocycles. The van der Waals surface area contributed by atoms with E-state index in [2.05, 4.69) is 38.8 Å². The molecule has 86 valence electrons. The van der Waals surface area contributed by atoms with Gasteiger partial charge >= 0.3 is 0 Å². The van der Waals surface area contributed by atoms with Gasteiger partial charge in [0.1, 0.15) is 0 Å². The van der Waals surface area contributed by atoms with E-state index in [4.69, 9.17) is 9.47 Å². The van der Waals surface area contributed by atoms with Crippen LogP contribution in [0.5, 0.6) is 0 Å². The third-order valence-corrected chi connectivity index (χ3v) is 4.85. The maximum atomic E-state index is 5.40. The van der Waals surface area contributed by atoms with Gasteiger partial charge in [0, 0.05) is 24.4 Å². The normalized spacial score (nSPS) is 12.0. The summed E-state index contributed by atoms with van der Waals surface area (Å²) < 4.78 is 10.3. The van der Waals surface area contributed by atoms with Crippen LogP contribution >= 0.6 is 31.9 Å². The van der Waals surface area contributed by atoms with Gasteiger partial charge < -0.3 is 9.47 Å². The van der Waals surface area contributed by atoms with Crippen molar-refractivity contribution in [2.75, 3.05) is 37.6 Å². The fourth-order valence-corrected chi connectivity index (χ4v) is 2.50. The van der Waals surface area contributed by atoms with Gasteiger partial charge in [-0.15, -0.1) is 0 Å². The Labute approximate surface area is 104 Å². The molecule has 0 spiro atoms. The van der Waals surface area contributed by atoms with E-state index in [0.717, 1.165) is 23.7 Å². The Morgan fingerprint density at radius 1 is 1.07 bits per heavy atom. The van der Waals surface area contributed by atoms with Crippen LogP contribution < -0.4 is 0 Å². The van der Waals surface area contributed by atoms with E-state index in [1.165, 1.54) is 6.42 Å². The number of halogens is 2. The van der Waals surface area contributed by atoms with Gasteiger partial charge in [0.2, 0.25) is 0 Å². The Balaban J connectivity index is 3.34. The summed E-state index contributed by atoms with van der Waals surface area (Å²) in [6, 6.07) is 0. The van der Waals surface area contributed by atoms with Crippen LogP contribution in [0, 0.1) is 5.41 Å². The van der Waals surface area contributed by atoms with Crippen molar-refractivity contribution in [2.24, 2.45) is 5.41 Å². The first kappa shape index (κ1) is 14.9. The predicted octanol–water partition coefficient (Wildman–Crippen LogP) is 3.23. The molecule has 0 unspecified atom stereocenters. The highest BCUT2D eigenvalue weighted by Crippen LogP contribution is 2.27. The van der Waals surface area contributed by atoms with Crippen molar-refractivity contribution < 1.29 is 9.47 Å². The third-order valence-electron chi connectivity index (χ3n) is 2.15. The van der Waals surface area contributed by atoms with Gasteiger partial charge in [-0.2, -0.15) is 0 Å². The van der Waals surface area contributed by atoms with Crippen molar-refractivity contribution in [1.82, 2.24) is 0 Å². The number of methoxy groups -OCH3 is 1. The van der Waals surface area contributed by atoms with Crippen molar-refractivity contribution in [3.05, 3.63) is 0 Å². The zero-order valence-corrected chi connectivity index (χ0v) is 12.2. The molecule has 0 saturated heterocycles. The predicted molar refractivity (Wildman–Crippen MR) is 67.6 cm³/mol. The van der Waals surface area contributed by atoms with Gasteiger partial charge in [-0.05, 0) is 18.3 Å². The summed E-state index contributed by atoms with van der Waals surface area (Å²) in [4.78, 5) is 0. The van der Waals surface area contributed by atoms with E-state index in [1.54, 1.807) is 7.11 Å². The van der Waals surface area contributed by atoms with Crippen LogP contribution in [0.1, 0.15) is 19.8 Å². The minimum Gasteiger partial charge on any atom is -0.382 e. The average molecular weight is 332 g/mol. The Morgan fingerprint density at radius 3 is 2.21 bits per heavy atom. The lowest BCUT2D eigenvalue weighted by Crippen LogP contribution is -2.20. The largest absolute Gasteiger partial charge is 0.382 e. The summed E-state index contributed by atoms with van der Waals surface area (Å²) in [7, 11) is 1.69. The van der Waals surface area contributed by atoms with Gasteiger partial charge in [0.05, 0.1) is 13.2 Å². The van der Waals surface area contributed by atoms with E-state index >= 15 is 0 Å². The highest BCUT2D eigenvalue weighted by molar-refractivity contribution is 9.09. The molecule has 0 aliphatic carbocycles. The molecule has 0 atom stereocenters. The molecule has 0 fully saturated rings. The first-order valence-corrected chi connectivity index (χ1v) is 7.11. The first-order valence-electron chi connectivity index (χ1n) is 4.87. The number of ether oxygens (including phenoxy) is 2. The molecule has 14 heavy (non-hydrogen) atoms. The lowest BCUT2D eigenvalue weighted by Gasteiger charge is -2.24. The average Bonchev–Trinajstić information content (AvgIpc) is 2.23. The Morgan fingerprint density at radius 2 is 1.71 bits per heavy atom. The molecular formula is C10H20Br2O2. The lowest BCUT2D eigenvalue weighted by molar-refractivity contribution is 0.0659. The minimum atomic E-state index is 0.352. The fourth-order valence-electron chi connectivity index (χ4n) is 1.01. The molecule has 0 aromatic rings. The lowest BCUT2D eigenvalue weighted by atomic mass is 9.91. The molecule has 0 aliphatic rings. The van der Waals surface area contributed by atoms with Crippen LogP contribution in [0.2, 0.25) is 0 Å². The summed E-state index contributed by atoms with van der Waals surface area (Å²) in [6.45, 7) is 4.49. The topological polar surface area (TPSA) is 18.5 Å². The standard InChI is InChI=1S/C10H20Br2O2/c1-10(8-11,9-12)4-3-5-14-7-6-13-2/h3-9H2,1-2H3. The van der Waals surface area contributed by atoms with E-state index < -0.39 is 0 Å². The summed E-state index contributed by atoms with van der Waals surface area (Å²) in [5.41, 5.74) is 0.352. The second kappa shape index (κ2) is 9.13. The molecular weight excluding hydrogens is 312 g/mol. The monoisotopic (exact) mass is 330 g/mol. The Bertz CT molecular complexity index is 127. The van der Waals surface area contributed by atoms with Gasteiger partial charge in [-0.3, -0.25) is 0 Å².